The number of hydrogen-bond acceptors (Lipinski definition) is 2. The minimum absolute atomic E-state index is 0.111. The highest BCUT2D eigenvalue weighted by molar-refractivity contribution is 6.24. The maximum Gasteiger partial charge on any atom is 0.134 e. The third kappa shape index (κ3) is 4.04. The molecule has 0 amide bonds. The van der Waals surface area contributed by atoms with Crippen molar-refractivity contribution in [3.05, 3.63) is 18.2 Å². The van der Waals surface area contributed by atoms with Crippen LogP contribution in [0.1, 0.15) is 44.3 Å². The Labute approximate surface area is 95.5 Å². The minimum atomic E-state index is 0.111. The van der Waals surface area contributed by atoms with E-state index in [-0.39, 0.29) is 5.88 Å². The van der Waals surface area contributed by atoms with E-state index in [4.69, 9.17) is 16.4 Å². The van der Waals surface area contributed by atoms with Gasteiger partial charge in [-0.15, -0.1) is 11.6 Å². The normalized spacial score (nSPS) is 14.7. The van der Waals surface area contributed by atoms with Crippen molar-refractivity contribution < 1.29 is 4.79 Å². The number of nitrogens with zero attached hydrogens (tertiary/aromatic N) is 2. The zero-order valence-electron chi connectivity index (χ0n) is 9.19. The first kappa shape index (κ1) is 12.2. The summed E-state index contributed by atoms with van der Waals surface area (Å²) in [5, 5.41) is 0. The van der Waals surface area contributed by atoms with Crippen molar-refractivity contribution in [2.24, 2.45) is 0 Å². The third-order valence-electron chi connectivity index (χ3n) is 2.28. The summed E-state index contributed by atoms with van der Waals surface area (Å²) in [4.78, 5) is 13.4. The molecule has 0 radical (unpaired) electrons. The number of alkyl halides is 1. The van der Waals surface area contributed by atoms with Gasteiger partial charge >= 0.3 is 0 Å². The van der Waals surface area contributed by atoms with Crippen LogP contribution >= 0.6 is 11.6 Å². The Morgan fingerprint density at radius 3 is 2.60 bits per heavy atom. The summed E-state index contributed by atoms with van der Waals surface area (Å²) in [5.74, 6) is 0.898. The molecule has 1 aliphatic carbocycles. The standard InChI is InChI=1S/C9H14N2.C2H3ClO/c1-7(2)11-5-9(10-6-11)8-3-4-8;3-1-2-4/h5-8H,3-4H2,1-2H3;2H,1H2. The Bertz CT molecular complexity index is 289. The van der Waals surface area contributed by atoms with Crippen molar-refractivity contribution >= 4 is 17.9 Å². The summed E-state index contributed by atoms with van der Waals surface area (Å²) in [6.45, 7) is 4.36. The zero-order chi connectivity index (χ0) is 11.3. The molecule has 0 aromatic carbocycles. The Hall–Kier alpha value is -0.830. The van der Waals surface area contributed by atoms with Gasteiger partial charge in [0.1, 0.15) is 6.29 Å². The summed E-state index contributed by atoms with van der Waals surface area (Å²) in [6, 6.07) is 0.551. The van der Waals surface area contributed by atoms with Gasteiger partial charge in [-0.25, -0.2) is 4.98 Å². The van der Waals surface area contributed by atoms with Gasteiger partial charge in [-0.1, -0.05) is 0 Å². The summed E-state index contributed by atoms with van der Waals surface area (Å²) >= 11 is 4.82. The summed E-state index contributed by atoms with van der Waals surface area (Å²) in [6.07, 6.45) is 7.45. The average molecular weight is 229 g/mol. The van der Waals surface area contributed by atoms with E-state index in [2.05, 4.69) is 29.6 Å². The van der Waals surface area contributed by atoms with Gasteiger partial charge in [-0.2, -0.15) is 0 Å². The number of carbonyl (C=O) groups excluding carboxylic acids is 1. The van der Waals surface area contributed by atoms with Crippen LogP contribution in [0.3, 0.4) is 0 Å². The summed E-state index contributed by atoms with van der Waals surface area (Å²) in [5.41, 5.74) is 1.29. The second-order valence-electron chi connectivity index (χ2n) is 3.93. The monoisotopic (exact) mass is 228 g/mol. The molecule has 4 heteroatoms. The molecule has 0 bridgehead atoms. The lowest BCUT2D eigenvalue weighted by Crippen LogP contribution is -1.95. The number of rotatable bonds is 3. The lowest BCUT2D eigenvalue weighted by atomic mass is 10.3. The largest absolute Gasteiger partial charge is 0.335 e. The number of halogens is 1. The molecule has 0 N–H and O–H groups in total. The van der Waals surface area contributed by atoms with Crippen LogP contribution in [0, 0.1) is 0 Å². The van der Waals surface area contributed by atoms with Crippen molar-refractivity contribution in [3.8, 4) is 0 Å². The Kier molecular flexibility index (Phi) is 4.82. The number of aromatic nitrogens is 2. The predicted molar refractivity (Wildman–Crippen MR) is 61.4 cm³/mol. The number of hydrogen-bond donors (Lipinski definition) is 0. The Morgan fingerprint density at radius 1 is 1.67 bits per heavy atom. The quantitative estimate of drug-likeness (QED) is 0.589. The molecule has 84 valence electrons. The van der Waals surface area contributed by atoms with Crippen LogP contribution < -0.4 is 0 Å². The molecule has 0 atom stereocenters. The van der Waals surface area contributed by atoms with E-state index in [1.54, 1.807) is 0 Å². The first-order valence-corrected chi connectivity index (χ1v) is 5.75. The van der Waals surface area contributed by atoms with Crippen LogP contribution in [0.2, 0.25) is 0 Å². The van der Waals surface area contributed by atoms with Crippen LogP contribution in [0.15, 0.2) is 12.5 Å². The third-order valence-corrected chi connectivity index (χ3v) is 2.40. The van der Waals surface area contributed by atoms with Crippen LogP contribution in [-0.2, 0) is 4.79 Å². The van der Waals surface area contributed by atoms with Crippen LogP contribution in [0.5, 0.6) is 0 Å². The molecule has 1 aliphatic rings. The number of imidazole rings is 1. The van der Waals surface area contributed by atoms with Crippen LogP contribution in [-0.4, -0.2) is 21.7 Å². The lowest BCUT2D eigenvalue weighted by molar-refractivity contribution is -0.105. The fraction of sp³-hybridized carbons (Fsp3) is 0.636. The highest BCUT2D eigenvalue weighted by Gasteiger charge is 2.25. The fourth-order valence-electron chi connectivity index (χ4n) is 1.23. The molecule has 1 aromatic heterocycles. The smallest absolute Gasteiger partial charge is 0.134 e. The average Bonchev–Trinajstić information content (AvgIpc) is 2.96. The lowest BCUT2D eigenvalue weighted by Gasteiger charge is -2.03. The number of aldehydes is 1. The van der Waals surface area contributed by atoms with Crippen molar-refractivity contribution in [1.29, 1.82) is 0 Å². The summed E-state index contributed by atoms with van der Waals surface area (Å²) in [7, 11) is 0. The van der Waals surface area contributed by atoms with Gasteiger partial charge in [0, 0.05) is 18.2 Å². The molecular formula is C11H17ClN2O. The molecule has 1 aromatic rings. The van der Waals surface area contributed by atoms with Crippen molar-refractivity contribution in [2.45, 2.75) is 38.6 Å². The van der Waals surface area contributed by atoms with Gasteiger partial charge in [0.15, 0.2) is 0 Å². The molecule has 1 fully saturated rings. The van der Waals surface area contributed by atoms with Gasteiger partial charge in [-0.3, -0.25) is 0 Å². The second-order valence-corrected chi connectivity index (χ2v) is 4.24. The molecule has 0 unspecified atom stereocenters. The van der Waals surface area contributed by atoms with Crippen LogP contribution in [0.25, 0.3) is 0 Å². The first-order chi connectivity index (χ1) is 7.19. The zero-order valence-corrected chi connectivity index (χ0v) is 9.94. The van der Waals surface area contributed by atoms with E-state index in [0.717, 1.165) is 5.92 Å². The minimum Gasteiger partial charge on any atom is -0.335 e. The van der Waals surface area contributed by atoms with Gasteiger partial charge in [-0.05, 0) is 26.7 Å². The molecule has 15 heavy (non-hydrogen) atoms. The molecule has 0 spiro atoms. The summed E-state index contributed by atoms with van der Waals surface area (Å²) < 4.78 is 2.17. The topological polar surface area (TPSA) is 34.9 Å². The van der Waals surface area contributed by atoms with Gasteiger partial charge < -0.3 is 9.36 Å². The van der Waals surface area contributed by atoms with E-state index in [1.165, 1.54) is 18.5 Å². The maximum atomic E-state index is 9.04. The fourth-order valence-corrected chi connectivity index (χ4v) is 1.23. The molecule has 1 heterocycles. The SMILES string of the molecule is CC(C)n1cnc(C2CC2)c1.O=CCCl. The molecule has 0 aliphatic heterocycles. The first-order valence-electron chi connectivity index (χ1n) is 5.22. The molecular weight excluding hydrogens is 212 g/mol. The second kappa shape index (κ2) is 5.91. The molecule has 1 saturated carbocycles. The highest BCUT2D eigenvalue weighted by Crippen LogP contribution is 2.38. The van der Waals surface area contributed by atoms with Crippen molar-refractivity contribution in [2.75, 3.05) is 5.88 Å². The molecule has 0 saturated heterocycles. The van der Waals surface area contributed by atoms with Gasteiger partial charge in [0.05, 0.1) is 17.9 Å². The van der Waals surface area contributed by atoms with E-state index in [1.807, 2.05) is 6.33 Å². The van der Waals surface area contributed by atoms with Gasteiger partial charge in [0.25, 0.3) is 0 Å². The van der Waals surface area contributed by atoms with Crippen LogP contribution in [0.4, 0.5) is 0 Å². The predicted octanol–water partition coefficient (Wildman–Crippen LogP) is 2.77. The van der Waals surface area contributed by atoms with E-state index < -0.39 is 0 Å². The number of carbonyl (C=O) groups is 1. The Morgan fingerprint density at radius 2 is 2.27 bits per heavy atom. The van der Waals surface area contributed by atoms with E-state index in [0.29, 0.717) is 12.3 Å². The van der Waals surface area contributed by atoms with E-state index in [9.17, 15) is 0 Å². The highest BCUT2D eigenvalue weighted by atomic mass is 35.5. The molecule has 2 rings (SSSR count). The van der Waals surface area contributed by atoms with Gasteiger partial charge in [0.2, 0.25) is 0 Å². The molecule has 3 nitrogen and oxygen atoms in total. The van der Waals surface area contributed by atoms with Crippen molar-refractivity contribution in [3.63, 3.8) is 0 Å². The van der Waals surface area contributed by atoms with Crippen molar-refractivity contribution in [1.82, 2.24) is 9.55 Å². The maximum absolute atomic E-state index is 9.04. The Balaban J connectivity index is 0.000000245. The van der Waals surface area contributed by atoms with E-state index >= 15 is 0 Å².